The maximum absolute atomic E-state index is 13.2. The van der Waals surface area contributed by atoms with Crippen LogP contribution in [0.2, 0.25) is 0 Å². The second-order valence-electron chi connectivity index (χ2n) is 4.33. The zero-order valence-electron chi connectivity index (χ0n) is 9.28. The lowest BCUT2D eigenvalue weighted by Gasteiger charge is -2.12. The first-order valence-electron chi connectivity index (χ1n) is 5.25. The summed E-state index contributed by atoms with van der Waals surface area (Å²) in [5.74, 6) is -4.58. The van der Waals surface area contributed by atoms with Gasteiger partial charge in [0.25, 0.3) is 5.92 Å². The average Bonchev–Trinajstić information content (AvgIpc) is 2.85. The van der Waals surface area contributed by atoms with Crippen molar-refractivity contribution >= 4 is 12.0 Å². The van der Waals surface area contributed by atoms with E-state index in [0.29, 0.717) is 0 Å². The van der Waals surface area contributed by atoms with Gasteiger partial charge in [-0.3, -0.25) is 4.79 Å². The number of carboxylic acids is 1. The minimum atomic E-state index is -3.13. The van der Waals surface area contributed by atoms with E-state index in [1.54, 1.807) is 24.3 Å². The summed E-state index contributed by atoms with van der Waals surface area (Å²) in [6, 6.07) is 8.86. The molecule has 1 aliphatic carbocycles. The molecule has 1 atom stereocenters. The highest BCUT2D eigenvalue weighted by molar-refractivity contribution is 5.86. The van der Waals surface area contributed by atoms with Gasteiger partial charge in [-0.15, -0.1) is 0 Å². The van der Waals surface area contributed by atoms with Crippen molar-refractivity contribution in [1.29, 1.82) is 0 Å². The van der Waals surface area contributed by atoms with Gasteiger partial charge in [-0.2, -0.15) is 0 Å². The number of benzene rings is 1. The monoisotopic (exact) mass is 238 g/mol. The highest BCUT2D eigenvalue weighted by atomic mass is 19.3. The Hall–Kier alpha value is -1.71. The van der Waals surface area contributed by atoms with E-state index in [4.69, 9.17) is 5.11 Å². The number of aliphatic carboxylic acids is 1. The van der Waals surface area contributed by atoms with Crippen LogP contribution in [0.5, 0.6) is 0 Å². The quantitative estimate of drug-likeness (QED) is 0.878. The van der Waals surface area contributed by atoms with E-state index in [-0.39, 0.29) is 5.57 Å². The van der Waals surface area contributed by atoms with Crippen molar-refractivity contribution in [3.8, 4) is 0 Å². The topological polar surface area (TPSA) is 37.3 Å². The molecular weight excluding hydrogens is 226 g/mol. The Morgan fingerprint density at radius 2 is 1.88 bits per heavy atom. The van der Waals surface area contributed by atoms with Crippen molar-refractivity contribution in [2.45, 2.75) is 19.3 Å². The summed E-state index contributed by atoms with van der Waals surface area (Å²) in [6.07, 6.45) is 0.902. The summed E-state index contributed by atoms with van der Waals surface area (Å²) < 4.78 is 26.5. The Kier molecular flexibility index (Phi) is 2.53. The summed E-state index contributed by atoms with van der Waals surface area (Å²) in [5.41, 5.74) is -1.07. The Balaban J connectivity index is 2.35. The second-order valence-corrected chi connectivity index (χ2v) is 4.33. The molecule has 1 aromatic rings. The van der Waals surface area contributed by atoms with Crippen molar-refractivity contribution in [1.82, 2.24) is 0 Å². The molecule has 90 valence electrons. The van der Waals surface area contributed by atoms with Gasteiger partial charge in [-0.1, -0.05) is 36.4 Å². The summed E-state index contributed by atoms with van der Waals surface area (Å²) in [6.45, 7) is 1.45. The SMILES string of the molecule is C/C(=C\c1ccccc1)C1(C(=O)O)CC1(F)F. The molecule has 0 radical (unpaired) electrons. The van der Waals surface area contributed by atoms with E-state index in [2.05, 4.69) is 0 Å². The van der Waals surface area contributed by atoms with E-state index >= 15 is 0 Å². The van der Waals surface area contributed by atoms with E-state index in [1.807, 2.05) is 6.07 Å². The van der Waals surface area contributed by atoms with Crippen LogP contribution in [-0.4, -0.2) is 17.0 Å². The van der Waals surface area contributed by atoms with E-state index < -0.39 is 23.7 Å². The summed E-state index contributed by atoms with van der Waals surface area (Å²) in [4.78, 5) is 11.0. The van der Waals surface area contributed by atoms with Crippen LogP contribution in [0.3, 0.4) is 0 Å². The zero-order valence-corrected chi connectivity index (χ0v) is 9.28. The molecule has 17 heavy (non-hydrogen) atoms. The third-order valence-corrected chi connectivity index (χ3v) is 3.21. The predicted molar refractivity (Wildman–Crippen MR) is 59.7 cm³/mol. The average molecular weight is 238 g/mol. The summed E-state index contributed by atoms with van der Waals surface area (Å²) in [7, 11) is 0. The number of alkyl halides is 2. The molecule has 1 unspecified atom stereocenters. The van der Waals surface area contributed by atoms with Crippen molar-refractivity contribution in [3.05, 3.63) is 41.5 Å². The molecule has 2 rings (SSSR count). The van der Waals surface area contributed by atoms with E-state index in [9.17, 15) is 13.6 Å². The molecule has 1 aliphatic rings. The van der Waals surface area contributed by atoms with Gasteiger partial charge in [0.1, 0.15) is 0 Å². The normalized spacial score (nSPS) is 26.6. The molecule has 1 fully saturated rings. The van der Waals surface area contributed by atoms with Crippen LogP contribution in [0.15, 0.2) is 35.9 Å². The zero-order chi connectivity index (χ0) is 12.7. The van der Waals surface area contributed by atoms with Crippen LogP contribution in [0.4, 0.5) is 8.78 Å². The summed E-state index contributed by atoms with van der Waals surface area (Å²) >= 11 is 0. The van der Waals surface area contributed by atoms with Gasteiger partial charge < -0.3 is 5.11 Å². The van der Waals surface area contributed by atoms with Crippen molar-refractivity contribution in [2.24, 2.45) is 5.41 Å². The maximum Gasteiger partial charge on any atom is 0.320 e. The molecule has 1 N–H and O–H groups in total. The molecule has 4 heteroatoms. The largest absolute Gasteiger partial charge is 0.480 e. The molecule has 2 nitrogen and oxygen atoms in total. The number of rotatable bonds is 3. The van der Waals surface area contributed by atoms with Crippen LogP contribution in [0, 0.1) is 5.41 Å². The Bertz CT molecular complexity index is 479. The summed E-state index contributed by atoms with van der Waals surface area (Å²) in [5, 5.41) is 8.97. The first kappa shape index (κ1) is 11.8. The minimum absolute atomic E-state index is 0.196. The molecule has 0 bridgehead atoms. The van der Waals surface area contributed by atoms with Crippen LogP contribution >= 0.6 is 0 Å². The van der Waals surface area contributed by atoms with Gasteiger partial charge >= 0.3 is 5.97 Å². The predicted octanol–water partition coefficient (Wildman–Crippen LogP) is 3.20. The maximum atomic E-state index is 13.2. The molecule has 1 aromatic carbocycles. The number of hydrogen-bond acceptors (Lipinski definition) is 1. The Labute approximate surface area is 97.6 Å². The van der Waals surface area contributed by atoms with Gasteiger partial charge in [0.05, 0.1) is 0 Å². The first-order chi connectivity index (χ1) is 7.90. The lowest BCUT2D eigenvalue weighted by Crippen LogP contribution is -2.23. The lowest BCUT2D eigenvalue weighted by molar-refractivity contribution is -0.145. The third-order valence-electron chi connectivity index (χ3n) is 3.21. The van der Waals surface area contributed by atoms with Crippen molar-refractivity contribution in [2.75, 3.05) is 0 Å². The van der Waals surface area contributed by atoms with E-state index in [1.165, 1.54) is 13.0 Å². The smallest absolute Gasteiger partial charge is 0.320 e. The number of halogens is 2. The number of carboxylic acid groups (broad SMARTS) is 1. The molecule has 0 spiro atoms. The molecule has 0 heterocycles. The van der Waals surface area contributed by atoms with Gasteiger partial charge in [-0.05, 0) is 18.1 Å². The van der Waals surface area contributed by atoms with Crippen LogP contribution in [-0.2, 0) is 4.79 Å². The highest BCUT2D eigenvalue weighted by Crippen LogP contribution is 2.65. The Morgan fingerprint density at radius 1 is 1.35 bits per heavy atom. The molecule has 0 aliphatic heterocycles. The van der Waals surface area contributed by atoms with E-state index in [0.717, 1.165) is 5.56 Å². The van der Waals surface area contributed by atoms with Crippen LogP contribution < -0.4 is 0 Å². The Morgan fingerprint density at radius 3 is 2.29 bits per heavy atom. The third kappa shape index (κ3) is 1.73. The van der Waals surface area contributed by atoms with Crippen LogP contribution in [0.25, 0.3) is 6.08 Å². The minimum Gasteiger partial charge on any atom is -0.480 e. The number of carbonyl (C=O) groups is 1. The molecular formula is C13H12F2O2. The molecule has 0 amide bonds. The fourth-order valence-electron chi connectivity index (χ4n) is 2.04. The van der Waals surface area contributed by atoms with Crippen molar-refractivity contribution in [3.63, 3.8) is 0 Å². The van der Waals surface area contributed by atoms with Gasteiger partial charge in [0.2, 0.25) is 0 Å². The van der Waals surface area contributed by atoms with Crippen LogP contribution in [0.1, 0.15) is 18.9 Å². The fourth-order valence-corrected chi connectivity index (χ4v) is 2.04. The molecule has 0 aromatic heterocycles. The standard InChI is InChI=1S/C13H12F2O2/c1-9(7-10-5-3-2-4-6-10)12(11(16)17)8-13(12,14)15/h2-7H,8H2,1H3,(H,16,17)/b9-7+. The molecule has 1 saturated carbocycles. The highest BCUT2D eigenvalue weighted by Gasteiger charge is 2.77. The number of hydrogen-bond donors (Lipinski definition) is 1. The lowest BCUT2D eigenvalue weighted by atomic mass is 9.94. The second kappa shape index (κ2) is 3.65. The first-order valence-corrected chi connectivity index (χ1v) is 5.25. The van der Waals surface area contributed by atoms with Gasteiger partial charge in [0.15, 0.2) is 5.41 Å². The van der Waals surface area contributed by atoms with Gasteiger partial charge in [-0.25, -0.2) is 8.78 Å². The fraction of sp³-hybridized carbons (Fsp3) is 0.308. The van der Waals surface area contributed by atoms with Crippen molar-refractivity contribution < 1.29 is 18.7 Å². The molecule has 0 saturated heterocycles. The van der Waals surface area contributed by atoms with Gasteiger partial charge in [0, 0.05) is 6.42 Å².